The van der Waals surface area contributed by atoms with Gasteiger partial charge in [0.1, 0.15) is 4.88 Å². The van der Waals surface area contributed by atoms with Crippen LogP contribution in [-0.4, -0.2) is 12.8 Å². The molecule has 2 aromatic rings. The molecular weight excluding hydrogens is 305 g/mol. The quantitative estimate of drug-likeness (QED) is 0.750. The first-order valence-electron chi connectivity index (χ1n) is 6.03. The third kappa shape index (κ3) is 3.75. The van der Waals surface area contributed by atoms with Crippen LogP contribution in [0.25, 0.3) is 11.1 Å². The third-order valence-corrected chi connectivity index (χ3v) is 3.56. The van der Waals surface area contributed by atoms with Crippen LogP contribution in [0.2, 0.25) is 0 Å². The number of ether oxygens (including phenoxy) is 2. The summed E-state index contributed by atoms with van der Waals surface area (Å²) >= 11 is 0.367. The maximum atomic E-state index is 13.1. The maximum absolute atomic E-state index is 13.1. The van der Waals surface area contributed by atoms with Gasteiger partial charge in [-0.3, -0.25) is 0 Å². The summed E-state index contributed by atoms with van der Waals surface area (Å²) in [7, 11) is 0. The van der Waals surface area contributed by atoms with Crippen LogP contribution in [-0.2, 0) is 10.9 Å². The van der Waals surface area contributed by atoms with Crippen molar-refractivity contribution in [2.24, 2.45) is 0 Å². The van der Waals surface area contributed by atoms with E-state index in [-0.39, 0.29) is 17.2 Å². The van der Waals surface area contributed by atoms with Crippen molar-refractivity contribution in [2.75, 3.05) is 6.61 Å². The molecule has 2 rings (SSSR count). The van der Waals surface area contributed by atoms with E-state index >= 15 is 0 Å². The molecule has 0 unspecified atom stereocenters. The predicted molar refractivity (Wildman–Crippen MR) is 72.4 cm³/mol. The van der Waals surface area contributed by atoms with Gasteiger partial charge in [-0.2, -0.15) is 13.2 Å². The number of alkyl halides is 3. The Kier molecular flexibility index (Phi) is 4.52. The molecule has 0 radical (unpaired) electrons. The van der Waals surface area contributed by atoms with Gasteiger partial charge in [0, 0.05) is 11.6 Å². The summed E-state index contributed by atoms with van der Waals surface area (Å²) in [5.41, 5.74) is 0.382. The molecule has 0 fully saturated rings. The van der Waals surface area contributed by atoms with E-state index in [0.29, 0.717) is 16.9 Å². The van der Waals surface area contributed by atoms with E-state index < -0.39 is 17.2 Å². The summed E-state index contributed by atoms with van der Waals surface area (Å²) in [4.78, 5) is 10.4. The predicted octanol–water partition coefficient (Wildman–Crippen LogP) is 4.97. The minimum absolute atomic E-state index is 0.0209. The summed E-state index contributed by atoms with van der Waals surface area (Å²) < 4.78 is 48.5. The molecule has 3 nitrogen and oxygen atoms in total. The largest absolute Gasteiger partial charge is 0.514 e. The van der Waals surface area contributed by atoms with E-state index in [4.69, 9.17) is 4.74 Å². The highest BCUT2D eigenvalue weighted by molar-refractivity contribution is 7.14. The highest BCUT2D eigenvalue weighted by atomic mass is 32.1. The summed E-state index contributed by atoms with van der Waals surface area (Å²) in [5.74, 6) is 0. The molecular formula is C14H11F3O3S. The van der Waals surface area contributed by atoms with Gasteiger partial charge in [0.15, 0.2) is 5.06 Å². The molecule has 7 heteroatoms. The lowest BCUT2D eigenvalue weighted by Gasteiger charge is -2.06. The Bertz CT molecular complexity index is 620. The zero-order chi connectivity index (χ0) is 15.5. The average molecular weight is 316 g/mol. The van der Waals surface area contributed by atoms with Crippen molar-refractivity contribution in [3.63, 3.8) is 0 Å². The van der Waals surface area contributed by atoms with Crippen LogP contribution in [0.3, 0.4) is 0 Å². The molecule has 0 saturated carbocycles. The Morgan fingerprint density at radius 3 is 2.48 bits per heavy atom. The van der Waals surface area contributed by atoms with E-state index in [1.807, 2.05) is 0 Å². The number of benzene rings is 1. The van der Waals surface area contributed by atoms with Crippen molar-refractivity contribution in [1.82, 2.24) is 0 Å². The van der Waals surface area contributed by atoms with E-state index in [2.05, 4.69) is 4.74 Å². The number of carbonyl (C=O) groups is 1. The molecule has 0 amide bonds. The van der Waals surface area contributed by atoms with Gasteiger partial charge in [-0.25, -0.2) is 4.79 Å². The molecule has 1 heterocycles. The van der Waals surface area contributed by atoms with Crippen molar-refractivity contribution >= 4 is 17.5 Å². The van der Waals surface area contributed by atoms with Gasteiger partial charge < -0.3 is 9.47 Å². The lowest BCUT2D eigenvalue weighted by atomic mass is 10.1. The lowest BCUT2D eigenvalue weighted by molar-refractivity contribution is -0.133. The van der Waals surface area contributed by atoms with Gasteiger partial charge >= 0.3 is 12.3 Å². The Morgan fingerprint density at radius 1 is 1.24 bits per heavy atom. The molecule has 0 bridgehead atoms. The fourth-order valence-electron chi connectivity index (χ4n) is 1.69. The van der Waals surface area contributed by atoms with Crippen LogP contribution in [0.4, 0.5) is 18.0 Å². The molecule has 1 aromatic carbocycles. The van der Waals surface area contributed by atoms with Crippen molar-refractivity contribution in [3.05, 3.63) is 41.3 Å². The maximum Gasteiger partial charge on any atom is 0.514 e. The van der Waals surface area contributed by atoms with E-state index in [1.54, 1.807) is 37.3 Å². The number of halogens is 3. The van der Waals surface area contributed by atoms with Gasteiger partial charge in [0.05, 0.1) is 6.61 Å². The third-order valence-electron chi connectivity index (χ3n) is 2.50. The average Bonchev–Trinajstić information content (AvgIpc) is 2.84. The highest BCUT2D eigenvalue weighted by Gasteiger charge is 2.37. The second-order valence-electron chi connectivity index (χ2n) is 3.96. The van der Waals surface area contributed by atoms with E-state index in [9.17, 15) is 18.0 Å². The van der Waals surface area contributed by atoms with Crippen LogP contribution in [0, 0.1) is 0 Å². The van der Waals surface area contributed by atoms with Crippen LogP contribution >= 0.6 is 11.3 Å². The first-order valence-corrected chi connectivity index (χ1v) is 6.84. The normalized spacial score (nSPS) is 11.2. The summed E-state index contributed by atoms with van der Waals surface area (Å²) in [6.45, 7) is 1.66. The molecule has 21 heavy (non-hydrogen) atoms. The smallest absolute Gasteiger partial charge is 0.434 e. The highest BCUT2D eigenvalue weighted by Crippen LogP contribution is 2.45. The number of rotatable bonds is 3. The molecule has 0 aliphatic heterocycles. The van der Waals surface area contributed by atoms with Crippen LogP contribution in [0.1, 0.15) is 11.8 Å². The van der Waals surface area contributed by atoms with E-state index in [1.165, 1.54) is 6.07 Å². The first-order chi connectivity index (χ1) is 9.91. The number of thiophene rings is 1. The Labute approximate surface area is 122 Å². The minimum atomic E-state index is -4.52. The molecule has 0 aliphatic rings. The number of carbonyl (C=O) groups excluding carboxylic acids is 1. The second kappa shape index (κ2) is 6.17. The number of hydrogen-bond acceptors (Lipinski definition) is 4. The Balaban J connectivity index is 2.39. The first kappa shape index (κ1) is 15.4. The Hall–Kier alpha value is -2.02. The molecule has 0 N–H and O–H groups in total. The van der Waals surface area contributed by atoms with Crippen LogP contribution in [0.15, 0.2) is 36.4 Å². The molecule has 1 aromatic heterocycles. The molecule has 0 atom stereocenters. The lowest BCUT2D eigenvalue weighted by Crippen LogP contribution is -2.09. The standard InChI is InChI=1S/C14H11F3O3S/c1-2-19-13(18)20-11-8-10(9-6-4-3-5-7-9)12(21-11)14(15,16)17/h3-8H,2H2,1H3. The topological polar surface area (TPSA) is 35.5 Å². The summed E-state index contributed by atoms with van der Waals surface area (Å²) in [5, 5.41) is -0.153. The monoisotopic (exact) mass is 316 g/mol. The SMILES string of the molecule is CCOC(=O)Oc1cc(-c2ccccc2)c(C(F)(F)F)s1. The summed E-state index contributed by atoms with van der Waals surface area (Å²) in [6, 6.07) is 9.30. The van der Waals surface area contributed by atoms with Crippen molar-refractivity contribution in [2.45, 2.75) is 13.1 Å². The van der Waals surface area contributed by atoms with E-state index in [0.717, 1.165) is 0 Å². The fraction of sp³-hybridized carbons (Fsp3) is 0.214. The van der Waals surface area contributed by atoms with Gasteiger partial charge in [0.25, 0.3) is 0 Å². The van der Waals surface area contributed by atoms with Gasteiger partial charge in [-0.05, 0) is 12.5 Å². The number of hydrogen-bond donors (Lipinski definition) is 0. The molecule has 0 saturated heterocycles. The minimum Gasteiger partial charge on any atom is -0.434 e. The van der Waals surface area contributed by atoms with Gasteiger partial charge in [-0.1, -0.05) is 41.7 Å². The summed E-state index contributed by atoms with van der Waals surface area (Å²) in [6.07, 6.45) is -5.54. The Morgan fingerprint density at radius 2 is 1.90 bits per heavy atom. The fourth-order valence-corrected chi connectivity index (χ4v) is 2.58. The van der Waals surface area contributed by atoms with Crippen molar-refractivity contribution < 1.29 is 27.4 Å². The van der Waals surface area contributed by atoms with Crippen LogP contribution < -0.4 is 4.74 Å². The second-order valence-corrected chi connectivity index (χ2v) is 4.97. The molecule has 112 valence electrons. The van der Waals surface area contributed by atoms with Gasteiger partial charge in [0.2, 0.25) is 0 Å². The van der Waals surface area contributed by atoms with Crippen molar-refractivity contribution in [3.8, 4) is 16.2 Å². The molecule has 0 spiro atoms. The zero-order valence-corrected chi connectivity index (χ0v) is 11.8. The van der Waals surface area contributed by atoms with Gasteiger partial charge in [-0.15, -0.1) is 0 Å². The van der Waals surface area contributed by atoms with Crippen molar-refractivity contribution in [1.29, 1.82) is 0 Å². The zero-order valence-electron chi connectivity index (χ0n) is 10.9. The van der Waals surface area contributed by atoms with Crippen LogP contribution in [0.5, 0.6) is 5.06 Å². The molecule has 0 aliphatic carbocycles.